The molecule has 2 heteroatoms. The van der Waals surface area contributed by atoms with Gasteiger partial charge in [0.2, 0.25) is 0 Å². The third-order valence-corrected chi connectivity index (χ3v) is 0.620. The lowest BCUT2D eigenvalue weighted by atomic mass is 10.2. The Labute approximate surface area is 42.2 Å². The standard InChI is InChI=1S/C5H6O2/c1-3-4(2)5(6)7/h1,4H,2H3,(H,6,7). The van der Waals surface area contributed by atoms with Gasteiger partial charge in [-0.1, -0.05) is 5.92 Å². The molecule has 0 aliphatic heterocycles. The molecule has 0 aliphatic rings. The first-order valence-electron chi connectivity index (χ1n) is 1.87. The van der Waals surface area contributed by atoms with Crippen LogP contribution in [0.1, 0.15) is 6.92 Å². The summed E-state index contributed by atoms with van der Waals surface area (Å²) >= 11 is 0. The number of carbonyl (C=O) groups is 1. The summed E-state index contributed by atoms with van der Waals surface area (Å²) in [5, 5.41) is 8.04. The zero-order valence-electron chi connectivity index (χ0n) is 4.01. The van der Waals surface area contributed by atoms with Crippen LogP contribution in [0, 0.1) is 18.3 Å². The van der Waals surface area contributed by atoms with Gasteiger partial charge in [-0.2, -0.15) is 0 Å². The van der Waals surface area contributed by atoms with Crippen molar-refractivity contribution in [2.24, 2.45) is 5.92 Å². The molecule has 38 valence electrons. The minimum absolute atomic E-state index is 0.653. The molecule has 0 saturated carbocycles. The van der Waals surface area contributed by atoms with E-state index in [0.29, 0.717) is 0 Å². The van der Waals surface area contributed by atoms with Crippen molar-refractivity contribution in [3.8, 4) is 12.3 Å². The molecule has 0 fully saturated rings. The highest BCUT2D eigenvalue weighted by Gasteiger charge is 2.03. The van der Waals surface area contributed by atoms with Crippen LogP contribution in [0.25, 0.3) is 0 Å². The summed E-state index contributed by atoms with van der Waals surface area (Å²) in [5.74, 6) is 0.470. The Bertz CT molecular complexity index is 110. The monoisotopic (exact) mass is 98.0 g/mol. The van der Waals surface area contributed by atoms with Crippen molar-refractivity contribution in [1.82, 2.24) is 0 Å². The molecule has 0 amide bonds. The largest absolute Gasteiger partial charge is 0.480 e. The van der Waals surface area contributed by atoms with Gasteiger partial charge in [0.1, 0.15) is 5.92 Å². The SMILES string of the molecule is C#CC(C)C(=O)O. The van der Waals surface area contributed by atoms with Gasteiger partial charge in [-0.25, -0.2) is 0 Å². The van der Waals surface area contributed by atoms with E-state index in [1.54, 1.807) is 0 Å². The van der Waals surface area contributed by atoms with Crippen LogP contribution in [0.15, 0.2) is 0 Å². The van der Waals surface area contributed by atoms with E-state index in [1.165, 1.54) is 6.92 Å². The van der Waals surface area contributed by atoms with Crippen LogP contribution in [0.3, 0.4) is 0 Å². The molecule has 0 heterocycles. The summed E-state index contributed by atoms with van der Waals surface area (Å²) in [4.78, 5) is 9.79. The van der Waals surface area contributed by atoms with Crippen molar-refractivity contribution in [2.45, 2.75) is 6.92 Å². The Balaban J connectivity index is 3.63. The first-order chi connectivity index (χ1) is 3.18. The molecule has 7 heavy (non-hydrogen) atoms. The van der Waals surface area contributed by atoms with Crippen molar-refractivity contribution in [2.75, 3.05) is 0 Å². The molecule has 2 nitrogen and oxygen atoms in total. The number of carboxylic acid groups (broad SMARTS) is 1. The van der Waals surface area contributed by atoms with Crippen LogP contribution >= 0.6 is 0 Å². The number of hydrogen-bond acceptors (Lipinski definition) is 1. The van der Waals surface area contributed by atoms with Crippen molar-refractivity contribution >= 4 is 5.97 Å². The highest BCUT2D eigenvalue weighted by molar-refractivity contribution is 5.72. The molecule has 1 N–H and O–H groups in total. The number of terminal acetylenes is 1. The molecule has 0 aromatic heterocycles. The number of carboxylic acids is 1. The molecular formula is C5H6O2. The molecule has 0 aromatic rings. The number of hydrogen-bond donors (Lipinski definition) is 1. The van der Waals surface area contributed by atoms with Crippen LogP contribution in [0.4, 0.5) is 0 Å². The van der Waals surface area contributed by atoms with Crippen molar-refractivity contribution in [3.05, 3.63) is 0 Å². The molecule has 0 aliphatic carbocycles. The quantitative estimate of drug-likeness (QED) is 0.480. The maximum Gasteiger partial charge on any atom is 0.318 e. The molecule has 0 bridgehead atoms. The Morgan fingerprint density at radius 3 is 2.43 bits per heavy atom. The normalized spacial score (nSPS) is 12.0. The lowest BCUT2D eigenvalue weighted by Gasteiger charge is -1.89. The summed E-state index contributed by atoms with van der Waals surface area (Å²) in [7, 11) is 0. The Morgan fingerprint density at radius 2 is 2.43 bits per heavy atom. The van der Waals surface area contributed by atoms with Crippen LogP contribution < -0.4 is 0 Å². The maximum atomic E-state index is 9.79. The Kier molecular flexibility index (Phi) is 1.94. The summed E-state index contributed by atoms with van der Waals surface area (Å²) < 4.78 is 0. The fourth-order valence-corrected chi connectivity index (χ4v) is 0.0713. The summed E-state index contributed by atoms with van der Waals surface area (Å²) in [6, 6.07) is 0. The maximum absolute atomic E-state index is 9.79. The van der Waals surface area contributed by atoms with Gasteiger partial charge in [-0.3, -0.25) is 4.79 Å². The van der Waals surface area contributed by atoms with Crippen LogP contribution in [-0.2, 0) is 4.79 Å². The van der Waals surface area contributed by atoms with E-state index in [1.807, 2.05) is 0 Å². The van der Waals surface area contributed by atoms with E-state index in [-0.39, 0.29) is 0 Å². The summed E-state index contributed by atoms with van der Waals surface area (Å²) in [6.07, 6.45) is 4.74. The Morgan fingerprint density at radius 1 is 2.00 bits per heavy atom. The molecule has 0 radical (unpaired) electrons. The lowest BCUT2D eigenvalue weighted by molar-refractivity contribution is -0.139. The van der Waals surface area contributed by atoms with E-state index >= 15 is 0 Å². The summed E-state index contributed by atoms with van der Waals surface area (Å²) in [6.45, 7) is 1.46. The number of rotatable bonds is 1. The van der Waals surface area contributed by atoms with Gasteiger partial charge in [-0.05, 0) is 6.92 Å². The van der Waals surface area contributed by atoms with Gasteiger partial charge in [0.25, 0.3) is 0 Å². The molecule has 1 atom stereocenters. The van der Waals surface area contributed by atoms with Crippen LogP contribution in [-0.4, -0.2) is 11.1 Å². The molecular weight excluding hydrogens is 92.1 g/mol. The van der Waals surface area contributed by atoms with Crippen LogP contribution in [0.5, 0.6) is 0 Å². The van der Waals surface area contributed by atoms with E-state index in [9.17, 15) is 4.79 Å². The molecule has 0 spiro atoms. The van der Waals surface area contributed by atoms with Crippen LogP contribution in [0.2, 0.25) is 0 Å². The highest BCUT2D eigenvalue weighted by Crippen LogP contribution is 1.87. The van der Waals surface area contributed by atoms with Crippen molar-refractivity contribution < 1.29 is 9.90 Å². The Hall–Kier alpha value is -0.970. The minimum atomic E-state index is -0.942. The second-order valence-corrected chi connectivity index (χ2v) is 1.23. The van der Waals surface area contributed by atoms with Gasteiger partial charge in [-0.15, -0.1) is 6.42 Å². The summed E-state index contributed by atoms with van der Waals surface area (Å²) in [5.41, 5.74) is 0. The zero-order chi connectivity index (χ0) is 5.86. The second kappa shape index (κ2) is 2.25. The van der Waals surface area contributed by atoms with Gasteiger partial charge >= 0.3 is 5.97 Å². The predicted molar refractivity (Wildman–Crippen MR) is 25.6 cm³/mol. The molecule has 0 aromatic carbocycles. The first-order valence-corrected chi connectivity index (χ1v) is 1.87. The molecule has 0 saturated heterocycles. The minimum Gasteiger partial charge on any atom is -0.480 e. The van der Waals surface area contributed by atoms with Crippen molar-refractivity contribution in [3.63, 3.8) is 0 Å². The fraction of sp³-hybridized carbons (Fsp3) is 0.400. The molecule has 1 unspecified atom stereocenters. The molecule has 0 rings (SSSR count). The van der Waals surface area contributed by atoms with Crippen molar-refractivity contribution in [1.29, 1.82) is 0 Å². The third-order valence-electron chi connectivity index (χ3n) is 0.620. The topological polar surface area (TPSA) is 37.3 Å². The third kappa shape index (κ3) is 1.83. The highest BCUT2D eigenvalue weighted by atomic mass is 16.4. The van der Waals surface area contributed by atoms with Gasteiger partial charge < -0.3 is 5.11 Å². The predicted octanol–water partition coefficient (Wildman–Crippen LogP) is 0.340. The zero-order valence-corrected chi connectivity index (χ0v) is 4.01. The van der Waals surface area contributed by atoms with Gasteiger partial charge in [0, 0.05) is 0 Å². The smallest absolute Gasteiger partial charge is 0.318 e. The lowest BCUT2D eigenvalue weighted by Crippen LogP contribution is -2.05. The van der Waals surface area contributed by atoms with Gasteiger partial charge in [0.05, 0.1) is 0 Å². The van der Waals surface area contributed by atoms with Gasteiger partial charge in [0.15, 0.2) is 0 Å². The number of aliphatic carboxylic acids is 1. The van der Waals surface area contributed by atoms with E-state index < -0.39 is 11.9 Å². The van der Waals surface area contributed by atoms with E-state index in [0.717, 1.165) is 0 Å². The van der Waals surface area contributed by atoms with E-state index in [4.69, 9.17) is 11.5 Å². The first kappa shape index (κ1) is 6.03. The average molecular weight is 98.1 g/mol. The fourth-order valence-electron chi connectivity index (χ4n) is 0.0713. The second-order valence-electron chi connectivity index (χ2n) is 1.23. The average Bonchev–Trinajstić information content (AvgIpc) is 1.65. The van der Waals surface area contributed by atoms with E-state index in [2.05, 4.69) is 5.92 Å².